The van der Waals surface area contributed by atoms with E-state index >= 15 is 0 Å². The summed E-state index contributed by atoms with van der Waals surface area (Å²) < 4.78 is 3.69. The molecule has 7 nitrogen and oxygen atoms in total. The maximum atomic E-state index is 12.7. The van der Waals surface area contributed by atoms with Gasteiger partial charge in [-0.3, -0.25) is 9.48 Å². The standard InChI is InChI=1S/C14H20N6OS/c1-4-12-16-17-14(19(12)3)22-11-6-5-7-20(13(11)21)10-8-15-18(2)9-10/h8-9,11H,4-7H2,1-3H3/t11-/m0/s1. The third-order valence-corrected chi connectivity index (χ3v) is 5.17. The van der Waals surface area contributed by atoms with Gasteiger partial charge in [-0.05, 0) is 12.8 Å². The first-order valence-electron chi connectivity index (χ1n) is 7.45. The van der Waals surface area contributed by atoms with Crippen molar-refractivity contribution in [3.8, 4) is 0 Å². The number of carbonyl (C=O) groups is 1. The third-order valence-electron chi connectivity index (χ3n) is 3.88. The minimum absolute atomic E-state index is 0.110. The van der Waals surface area contributed by atoms with Crippen molar-refractivity contribution in [2.24, 2.45) is 14.1 Å². The molecule has 0 saturated carbocycles. The number of hydrogen-bond acceptors (Lipinski definition) is 5. The van der Waals surface area contributed by atoms with E-state index in [1.165, 1.54) is 11.8 Å². The molecule has 0 aliphatic carbocycles. The van der Waals surface area contributed by atoms with Gasteiger partial charge in [0, 0.05) is 33.3 Å². The Labute approximate surface area is 133 Å². The van der Waals surface area contributed by atoms with Gasteiger partial charge in [-0.15, -0.1) is 10.2 Å². The highest BCUT2D eigenvalue weighted by molar-refractivity contribution is 8.00. The number of piperidine rings is 1. The van der Waals surface area contributed by atoms with Crippen molar-refractivity contribution in [3.05, 3.63) is 18.2 Å². The predicted octanol–water partition coefficient (Wildman–Crippen LogP) is 1.40. The van der Waals surface area contributed by atoms with Crippen LogP contribution in [-0.4, -0.2) is 42.2 Å². The molecule has 22 heavy (non-hydrogen) atoms. The number of nitrogens with zero attached hydrogens (tertiary/aromatic N) is 6. The summed E-state index contributed by atoms with van der Waals surface area (Å²) in [4.78, 5) is 14.6. The fraction of sp³-hybridized carbons (Fsp3) is 0.571. The monoisotopic (exact) mass is 320 g/mol. The largest absolute Gasteiger partial charge is 0.309 e. The van der Waals surface area contributed by atoms with Crippen LogP contribution in [0.15, 0.2) is 17.6 Å². The molecule has 1 aliphatic rings. The Morgan fingerprint density at radius 3 is 2.82 bits per heavy atom. The molecule has 0 unspecified atom stereocenters. The molecule has 0 radical (unpaired) electrons. The number of rotatable bonds is 4. The number of thioether (sulfide) groups is 1. The normalized spacial score (nSPS) is 19.0. The van der Waals surface area contributed by atoms with Gasteiger partial charge in [-0.1, -0.05) is 18.7 Å². The van der Waals surface area contributed by atoms with Crippen LogP contribution in [0.3, 0.4) is 0 Å². The van der Waals surface area contributed by atoms with E-state index in [9.17, 15) is 4.79 Å². The molecule has 0 aromatic carbocycles. The minimum Gasteiger partial charge on any atom is -0.309 e. The lowest BCUT2D eigenvalue weighted by Crippen LogP contribution is -2.43. The van der Waals surface area contributed by atoms with Crippen molar-refractivity contribution in [1.29, 1.82) is 0 Å². The fourth-order valence-electron chi connectivity index (χ4n) is 2.64. The van der Waals surface area contributed by atoms with Crippen LogP contribution in [0.5, 0.6) is 0 Å². The zero-order valence-corrected chi connectivity index (χ0v) is 13.9. The minimum atomic E-state index is -0.110. The smallest absolute Gasteiger partial charge is 0.240 e. The Morgan fingerprint density at radius 2 is 2.18 bits per heavy atom. The van der Waals surface area contributed by atoms with Gasteiger partial charge in [0.1, 0.15) is 5.82 Å². The van der Waals surface area contributed by atoms with E-state index in [1.807, 2.05) is 36.7 Å². The van der Waals surface area contributed by atoms with Crippen LogP contribution < -0.4 is 4.90 Å². The first-order valence-corrected chi connectivity index (χ1v) is 8.33. The van der Waals surface area contributed by atoms with Gasteiger partial charge >= 0.3 is 0 Å². The Morgan fingerprint density at radius 1 is 1.36 bits per heavy atom. The van der Waals surface area contributed by atoms with Crippen molar-refractivity contribution < 1.29 is 4.79 Å². The molecule has 1 fully saturated rings. The summed E-state index contributed by atoms with van der Waals surface area (Å²) in [6, 6.07) is 0. The van der Waals surface area contributed by atoms with Crippen molar-refractivity contribution in [3.63, 3.8) is 0 Å². The molecule has 3 rings (SSSR count). The van der Waals surface area contributed by atoms with Crippen molar-refractivity contribution in [2.75, 3.05) is 11.4 Å². The highest BCUT2D eigenvalue weighted by Gasteiger charge is 2.32. The lowest BCUT2D eigenvalue weighted by molar-refractivity contribution is -0.119. The molecule has 8 heteroatoms. The van der Waals surface area contributed by atoms with Gasteiger partial charge in [-0.2, -0.15) is 5.10 Å². The molecule has 3 heterocycles. The molecular formula is C14H20N6OS. The molecular weight excluding hydrogens is 300 g/mol. The Hall–Kier alpha value is -1.83. The Kier molecular flexibility index (Phi) is 4.19. The summed E-state index contributed by atoms with van der Waals surface area (Å²) in [5, 5.41) is 13.2. The molecule has 0 spiro atoms. The second-order valence-electron chi connectivity index (χ2n) is 5.42. The second-order valence-corrected chi connectivity index (χ2v) is 6.59. The molecule has 1 aliphatic heterocycles. The van der Waals surface area contributed by atoms with Gasteiger partial charge in [0.05, 0.1) is 17.1 Å². The molecule has 1 amide bonds. The summed E-state index contributed by atoms with van der Waals surface area (Å²) in [6.07, 6.45) is 6.31. The zero-order chi connectivity index (χ0) is 15.7. The number of amides is 1. The topological polar surface area (TPSA) is 68.8 Å². The van der Waals surface area contributed by atoms with E-state index in [4.69, 9.17) is 0 Å². The molecule has 118 valence electrons. The van der Waals surface area contributed by atoms with Crippen LogP contribution >= 0.6 is 11.8 Å². The lowest BCUT2D eigenvalue weighted by Gasteiger charge is -2.30. The fourth-order valence-corrected chi connectivity index (χ4v) is 3.76. The Balaban J connectivity index is 1.76. The number of aryl methyl sites for hydroxylation is 2. The number of anilines is 1. The Bertz CT molecular complexity index is 679. The van der Waals surface area contributed by atoms with E-state index in [0.29, 0.717) is 0 Å². The van der Waals surface area contributed by atoms with Crippen LogP contribution in [0.1, 0.15) is 25.6 Å². The predicted molar refractivity (Wildman–Crippen MR) is 84.8 cm³/mol. The summed E-state index contributed by atoms with van der Waals surface area (Å²) in [7, 11) is 3.81. The van der Waals surface area contributed by atoms with E-state index in [2.05, 4.69) is 15.3 Å². The molecule has 1 saturated heterocycles. The van der Waals surface area contributed by atoms with Crippen LogP contribution in [0.4, 0.5) is 5.69 Å². The van der Waals surface area contributed by atoms with Crippen molar-refractivity contribution in [2.45, 2.75) is 36.6 Å². The third kappa shape index (κ3) is 2.75. The van der Waals surface area contributed by atoms with Gasteiger partial charge in [0.2, 0.25) is 5.91 Å². The summed E-state index contributed by atoms with van der Waals surface area (Å²) in [6.45, 7) is 2.80. The lowest BCUT2D eigenvalue weighted by atomic mass is 10.1. The van der Waals surface area contributed by atoms with Crippen LogP contribution in [0.2, 0.25) is 0 Å². The van der Waals surface area contributed by atoms with Crippen LogP contribution in [-0.2, 0) is 25.3 Å². The van der Waals surface area contributed by atoms with Crippen molar-refractivity contribution >= 4 is 23.4 Å². The van der Waals surface area contributed by atoms with Gasteiger partial charge in [0.25, 0.3) is 0 Å². The van der Waals surface area contributed by atoms with E-state index in [0.717, 1.165) is 42.5 Å². The van der Waals surface area contributed by atoms with Crippen LogP contribution in [0.25, 0.3) is 0 Å². The average molecular weight is 320 g/mol. The second kappa shape index (κ2) is 6.12. The zero-order valence-electron chi connectivity index (χ0n) is 13.1. The highest BCUT2D eigenvalue weighted by atomic mass is 32.2. The first kappa shape index (κ1) is 15.1. The molecule has 0 bridgehead atoms. The number of aromatic nitrogens is 5. The summed E-state index contributed by atoms with van der Waals surface area (Å²) in [5.41, 5.74) is 0.866. The van der Waals surface area contributed by atoms with Gasteiger partial charge in [-0.25, -0.2) is 0 Å². The number of hydrogen-bond donors (Lipinski definition) is 0. The molecule has 2 aromatic heterocycles. The summed E-state index contributed by atoms with van der Waals surface area (Å²) in [5.74, 6) is 1.07. The van der Waals surface area contributed by atoms with Gasteiger partial charge in [0.15, 0.2) is 5.16 Å². The molecule has 2 aromatic rings. The highest BCUT2D eigenvalue weighted by Crippen LogP contribution is 2.31. The SMILES string of the molecule is CCc1nnc(S[C@H]2CCCN(c3cnn(C)c3)C2=O)n1C. The quantitative estimate of drug-likeness (QED) is 0.852. The van der Waals surface area contributed by atoms with Crippen LogP contribution in [0, 0.1) is 0 Å². The molecule has 0 N–H and O–H groups in total. The van der Waals surface area contributed by atoms with E-state index in [1.54, 1.807) is 10.9 Å². The first-order chi connectivity index (χ1) is 10.6. The van der Waals surface area contributed by atoms with Crippen molar-refractivity contribution in [1.82, 2.24) is 24.5 Å². The van der Waals surface area contributed by atoms with E-state index in [-0.39, 0.29) is 11.2 Å². The maximum Gasteiger partial charge on any atom is 0.240 e. The molecule has 1 atom stereocenters. The average Bonchev–Trinajstić information content (AvgIpc) is 3.08. The maximum absolute atomic E-state index is 12.7. The van der Waals surface area contributed by atoms with Gasteiger partial charge < -0.3 is 9.47 Å². The number of carbonyl (C=O) groups excluding carboxylic acids is 1. The summed E-state index contributed by atoms with van der Waals surface area (Å²) >= 11 is 1.51. The van der Waals surface area contributed by atoms with E-state index < -0.39 is 0 Å².